The van der Waals surface area contributed by atoms with Crippen molar-refractivity contribution >= 4 is 11.9 Å². The molecule has 0 aliphatic carbocycles. The number of carbonyl (C=O) groups excluding carboxylic acids is 2. The van der Waals surface area contributed by atoms with Gasteiger partial charge in [0.15, 0.2) is 5.69 Å². The Hall–Kier alpha value is -1.92. The highest BCUT2D eigenvalue weighted by molar-refractivity contribution is 5.88. The Labute approximate surface area is 125 Å². The lowest BCUT2D eigenvalue weighted by molar-refractivity contribution is -0.122. The minimum Gasteiger partial charge on any atom is -0.461 e. The van der Waals surface area contributed by atoms with Gasteiger partial charge in [-0.3, -0.25) is 4.79 Å². The molecular formula is C14H24N4O3. The number of esters is 1. The molecule has 7 heteroatoms. The number of rotatable bonds is 8. The Kier molecular flexibility index (Phi) is 6.84. The predicted molar refractivity (Wildman–Crippen MR) is 77.8 cm³/mol. The number of nitrogens with zero attached hydrogens (tertiary/aromatic N) is 3. The molecular weight excluding hydrogens is 272 g/mol. The van der Waals surface area contributed by atoms with Crippen molar-refractivity contribution in [3.63, 3.8) is 0 Å². The van der Waals surface area contributed by atoms with Gasteiger partial charge in [-0.1, -0.05) is 32.4 Å². The van der Waals surface area contributed by atoms with E-state index in [9.17, 15) is 9.59 Å². The second kappa shape index (κ2) is 8.39. The van der Waals surface area contributed by atoms with Crippen molar-refractivity contribution in [3.05, 3.63) is 11.4 Å². The van der Waals surface area contributed by atoms with E-state index < -0.39 is 5.97 Å². The van der Waals surface area contributed by atoms with Gasteiger partial charge in [0.05, 0.1) is 12.3 Å². The SMILES string of the molecule is CCCc1c(C(=O)OCC)nnn1CC(=O)NCC(C)C. The van der Waals surface area contributed by atoms with E-state index in [1.807, 2.05) is 20.8 Å². The molecule has 0 saturated carbocycles. The Morgan fingerprint density at radius 1 is 1.33 bits per heavy atom. The molecule has 1 amide bonds. The van der Waals surface area contributed by atoms with Crippen molar-refractivity contribution in [2.45, 2.75) is 47.1 Å². The third-order valence-electron chi connectivity index (χ3n) is 2.79. The largest absolute Gasteiger partial charge is 0.461 e. The zero-order valence-electron chi connectivity index (χ0n) is 13.2. The minimum absolute atomic E-state index is 0.0639. The summed E-state index contributed by atoms with van der Waals surface area (Å²) in [5.74, 6) is -0.244. The lowest BCUT2D eigenvalue weighted by atomic mass is 10.2. The van der Waals surface area contributed by atoms with E-state index in [0.717, 1.165) is 6.42 Å². The molecule has 1 N–H and O–H groups in total. The van der Waals surface area contributed by atoms with E-state index in [0.29, 0.717) is 24.6 Å². The van der Waals surface area contributed by atoms with E-state index in [2.05, 4.69) is 15.6 Å². The maximum Gasteiger partial charge on any atom is 0.360 e. The molecule has 0 bridgehead atoms. The monoisotopic (exact) mass is 296 g/mol. The molecule has 1 aromatic heterocycles. The molecule has 0 aliphatic heterocycles. The summed E-state index contributed by atoms with van der Waals surface area (Å²) in [5.41, 5.74) is 0.853. The Bertz CT molecular complexity index is 483. The molecule has 0 atom stereocenters. The molecule has 7 nitrogen and oxygen atoms in total. The average Bonchev–Trinajstić information content (AvgIpc) is 2.80. The van der Waals surface area contributed by atoms with Gasteiger partial charge in [-0.05, 0) is 19.3 Å². The number of amides is 1. The first-order valence-corrected chi connectivity index (χ1v) is 7.35. The van der Waals surface area contributed by atoms with E-state index in [1.165, 1.54) is 4.68 Å². The lowest BCUT2D eigenvalue weighted by Gasteiger charge is -2.09. The highest BCUT2D eigenvalue weighted by Gasteiger charge is 2.21. The van der Waals surface area contributed by atoms with Crippen LogP contribution in [0.25, 0.3) is 0 Å². The van der Waals surface area contributed by atoms with Crippen LogP contribution in [0.1, 0.15) is 50.3 Å². The summed E-state index contributed by atoms with van der Waals surface area (Å²) in [5, 5.41) is 10.6. The van der Waals surface area contributed by atoms with Gasteiger partial charge in [0.25, 0.3) is 0 Å². The van der Waals surface area contributed by atoms with Gasteiger partial charge in [0.2, 0.25) is 5.91 Å². The van der Waals surface area contributed by atoms with Crippen LogP contribution < -0.4 is 5.32 Å². The quantitative estimate of drug-likeness (QED) is 0.728. The summed E-state index contributed by atoms with van der Waals surface area (Å²) in [6.07, 6.45) is 1.45. The summed E-state index contributed by atoms with van der Waals surface area (Å²) in [4.78, 5) is 23.7. The molecule has 21 heavy (non-hydrogen) atoms. The number of hydrogen-bond acceptors (Lipinski definition) is 5. The van der Waals surface area contributed by atoms with Crippen LogP contribution in [0.4, 0.5) is 0 Å². The number of nitrogens with one attached hydrogen (secondary N) is 1. The maximum absolute atomic E-state index is 11.9. The summed E-state index contributed by atoms with van der Waals surface area (Å²) in [7, 11) is 0. The molecule has 0 radical (unpaired) electrons. The van der Waals surface area contributed by atoms with E-state index in [1.54, 1.807) is 6.92 Å². The minimum atomic E-state index is -0.491. The molecule has 0 aliphatic rings. The topological polar surface area (TPSA) is 86.1 Å². The third kappa shape index (κ3) is 5.17. The van der Waals surface area contributed by atoms with Gasteiger partial charge in [0, 0.05) is 6.54 Å². The fourth-order valence-electron chi connectivity index (χ4n) is 1.81. The summed E-state index contributed by atoms with van der Waals surface area (Å²) < 4.78 is 6.43. The highest BCUT2D eigenvalue weighted by atomic mass is 16.5. The first-order valence-electron chi connectivity index (χ1n) is 7.35. The van der Waals surface area contributed by atoms with Gasteiger partial charge in [-0.2, -0.15) is 0 Å². The van der Waals surface area contributed by atoms with Crippen LogP contribution in [0.3, 0.4) is 0 Å². The van der Waals surface area contributed by atoms with Crippen LogP contribution in [0.2, 0.25) is 0 Å². The van der Waals surface area contributed by atoms with Gasteiger partial charge in [0.1, 0.15) is 6.54 Å². The predicted octanol–water partition coefficient (Wildman–Crippen LogP) is 1.18. The van der Waals surface area contributed by atoms with E-state index in [-0.39, 0.29) is 24.8 Å². The molecule has 1 aromatic rings. The van der Waals surface area contributed by atoms with Crippen molar-refractivity contribution in [2.75, 3.05) is 13.2 Å². The summed E-state index contributed by atoms with van der Waals surface area (Å²) >= 11 is 0. The van der Waals surface area contributed by atoms with E-state index in [4.69, 9.17) is 4.74 Å². The van der Waals surface area contributed by atoms with Crippen molar-refractivity contribution in [2.24, 2.45) is 5.92 Å². The number of ether oxygens (including phenoxy) is 1. The van der Waals surface area contributed by atoms with E-state index >= 15 is 0 Å². The van der Waals surface area contributed by atoms with Crippen LogP contribution in [0, 0.1) is 5.92 Å². The molecule has 1 heterocycles. The molecule has 0 aromatic carbocycles. The van der Waals surface area contributed by atoms with Gasteiger partial charge >= 0.3 is 5.97 Å². The molecule has 0 unspecified atom stereocenters. The average molecular weight is 296 g/mol. The Morgan fingerprint density at radius 2 is 2.05 bits per heavy atom. The van der Waals surface area contributed by atoms with Crippen LogP contribution in [0.15, 0.2) is 0 Å². The Balaban J connectivity index is 2.82. The smallest absolute Gasteiger partial charge is 0.360 e. The maximum atomic E-state index is 11.9. The second-order valence-electron chi connectivity index (χ2n) is 5.21. The fraction of sp³-hybridized carbons (Fsp3) is 0.714. The zero-order valence-corrected chi connectivity index (χ0v) is 13.2. The van der Waals surface area contributed by atoms with Crippen molar-refractivity contribution in [1.82, 2.24) is 20.3 Å². The fourth-order valence-corrected chi connectivity index (χ4v) is 1.81. The van der Waals surface area contributed by atoms with Crippen molar-refractivity contribution in [1.29, 1.82) is 0 Å². The van der Waals surface area contributed by atoms with Crippen molar-refractivity contribution in [3.8, 4) is 0 Å². The first-order chi connectivity index (χ1) is 9.99. The van der Waals surface area contributed by atoms with Crippen LogP contribution >= 0.6 is 0 Å². The summed E-state index contributed by atoms with van der Waals surface area (Å²) in [6.45, 7) is 8.74. The van der Waals surface area contributed by atoms with Crippen molar-refractivity contribution < 1.29 is 14.3 Å². The second-order valence-corrected chi connectivity index (χ2v) is 5.21. The number of hydrogen-bond donors (Lipinski definition) is 1. The van der Waals surface area contributed by atoms with Crippen LogP contribution in [0.5, 0.6) is 0 Å². The Morgan fingerprint density at radius 3 is 2.62 bits per heavy atom. The van der Waals surface area contributed by atoms with Crippen LogP contribution in [-0.4, -0.2) is 40.0 Å². The number of carbonyl (C=O) groups is 2. The van der Waals surface area contributed by atoms with Crippen LogP contribution in [-0.2, 0) is 22.5 Å². The van der Waals surface area contributed by atoms with Gasteiger partial charge in [-0.25, -0.2) is 9.48 Å². The molecule has 0 fully saturated rings. The zero-order chi connectivity index (χ0) is 15.8. The number of aromatic nitrogens is 3. The normalized spacial score (nSPS) is 10.7. The summed E-state index contributed by atoms with van der Waals surface area (Å²) in [6, 6.07) is 0. The van der Waals surface area contributed by atoms with Gasteiger partial charge in [-0.15, -0.1) is 5.10 Å². The van der Waals surface area contributed by atoms with Gasteiger partial charge < -0.3 is 10.1 Å². The first kappa shape index (κ1) is 17.1. The lowest BCUT2D eigenvalue weighted by Crippen LogP contribution is -2.31. The highest BCUT2D eigenvalue weighted by Crippen LogP contribution is 2.10. The molecule has 0 saturated heterocycles. The molecule has 118 valence electrons. The molecule has 0 spiro atoms. The standard InChI is InChI=1S/C14H24N4O3/c1-5-7-11-13(14(20)21-6-2)16-17-18(11)9-12(19)15-8-10(3)4/h10H,5-9H2,1-4H3,(H,15,19). The molecule has 1 rings (SSSR count). The third-order valence-corrected chi connectivity index (χ3v) is 2.79.